The van der Waals surface area contributed by atoms with Gasteiger partial charge in [0.1, 0.15) is 5.54 Å². The molecule has 0 aromatic carbocycles. The van der Waals surface area contributed by atoms with E-state index in [9.17, 15) is 13.2 Å². The number of hydrogen-bond acceptors (Lipinski definition) is 4. The molecule has 0 spiro atoms. The quantitative estimate of drug-likeness (QED) is 0.560. The van der Waals surface area contributed by atoms with Crippen molar-refractivity contribution in [2.24, 2.45) is 5.92 Å². The first-order valence-electron chi connectivity index (χ1n) is 5.25. The molecule has 2 N–H and O–H groups in total. The highest BCUT2D eigenvalue weighted by Crippen LogP contribution is 2.36. The summed E-state index contributed by atoms with van der Waals surface area (Å²) < 4.78 is 37.5. The van der Waals surface area contributed by atoms with E-state index in [0.29, 0.717) is 6.42 Å². The summed E-state index contributed by atoms with van der Waals surface area (Å²) in [5.41, 5.74) is -1.30. The molecule has 1 aliphatic rings. The smallest absolute Gasteiger partial charge is 0.334 e. The Morgan fingerprint density at radius 3 is 2.62 bits per heavy atom. The normalized spacial score (nSPS) is 30.3. The summed E-state index contributed by atoms with van der Waals surface area (Å²) in [5.74, 6) is -0.800. The summed E-state index contributed by atoms with van der Waals surface area (Å²) in [7, 11) is -4.41. The first-order valence-corrected chi connectivity index (χ1v) is 6.69. The van der Waals surface area contributed by atoms with Gasteiger partial charge in [0.25, 0.3) is 0 Å². The Kier molecular flexibility index (Phi) is 3.92. The SMILES string of the molecule is CCOC(=O)C1(NS(=O)(=O)O)CCCC1C. The number of carbonyl (C=O) groups is 1. The van der Waals surface area contributed by atoms with E-state index >= 15 is 0 Å². The van der Waals surface area contributed by atoms with Gasteiger partial charge in [-0.1, -0.05) is 13.3 Å². The number of carbonyl (C=O) groups excluding carboxylic acids is 1. The average Bonchev–Trinajstić information content (AvgIpc) is 2.46. The summed E-state index contributed by atoms with van der Waals surface area (Å²) in [6.45, 7) is 3.60. The number of rotatable bonds is 4. The fourth-order valence-electron chi connectivity index (χ4n) is 2.17. The zero-order chi connectivity index (χ0) is 12.4. The van der Waals surface area contributed by atoms with Gasteiger partial charge in [-0.05, 0) is 25.7 Å². The van der Waals surface area contributed by atoms with E-state index in [-0.39, 0.29) is 12.5 Å². The van der Waals surface area contributed by atoms with Crippen molar-refractivity contribution in [3.05, 3.63) is 0 Å². The standard InChI is InChI=1S/C9H17NO5S/c1-3-15-8(11)9(10-16(12,13)14)6-4-5-7(9)2/h7,10H,3-6H2,1-2H3,(H,12,13,14). The Morgan fingerprint density at radius 1 is 1.62 bits per heavy atom. The predicted molar refractivity (Wildman–Crippen MR) is 57.1 cm³/mol. The Balaban J connectivity index is 2.98. The van der Waals surface area contributed by atoms with Crippen molar-refractivity contribution >= 4 is 16.3 Å². The molecule has 94 valence electrons. The van der Waals surface area contributed by atoms with Gasteiger partial charge in [0.2, 0.25) is 0 Å². The lowest BCUT2D eigenvalue weighted by Crippen LogP contribution is -2.56. The summed E-state index contributed by atoms with van der Waals surface area (Å²) in [6.07, 6.45) is 1.80. The molecule has 16 heavy (non-hydrogen) atoms. The highest BCUT2D eigenvalue weighted by molar-refractivity contribution is 7.83. The maximum atomic E-state index is 11.8. The van der Waals surface area contributed by atoms with Gasteiger partial charge in [0, 0.05) is 0 Å². The van der Waals surface area contributed by atoms with E-state index in [4.69, 9.17) is 9.29 Å². The maximum absolute atomic E-state index is 11.8. The van der Waals surface area contributed by atoms with Crippen LogP contribution in [0.1, 0.15) is 33.1 Å². The maximum Gasteiger partial charge on any atom is 0.334 e. The lowest BCUT2D eigenvalue weighted by molar-refractivity contribution is -0.151. The lowest BCUT2D eigenvalue weighted by Gasteiger charge is -2.30. The van der Waals surface area contributed by atoms with Crippen LogP contribution in [0, 0.1) is 5.92 Å². The summed E-state index contributed by atoms with van der Waals surface area (Å²) >= 11 is 0. The van der Waals surface area contributed by atoms with Crippen molar-refractivity contribution in [2.45, 2.75) is 38.6 Å². The third-order valence-electron chi connectivity index (χ3n) is 3.00. The Bertz CT molecular complexity index is 366. The first-order chi connectivity index (χ1) is 7.32. The van der Waals surface area contributed by atoms with Crippen molar-refractivity contribution in [3.8, 4) is 0 Å². The molecule has 0 aromatic rings. The van der Waals surface area contributed by atoms with Crippen molar-refractivity contribution in [1.82, 2.24) is 4.72 Å². The largest absolute Gasteiger partial charge is 0.465 e. The van der Waals surface area contributed by atoms with Crippen molar-refractivity contribution < 1.29 is 22.5 Å². The molecule has 0 aromatic heterocycles. The Hall–Kier alpha value is -0.660. The average molecular weight is 251 g/mol. The topological polar surface area (TPSA) is 92.7 Å². The molecule has 6 nitrogen and oxygen atoms in total. The molecule has 1 rings (SSSR count). The number of esters is 1. The molecule has 0 heterocycles. The van der Waals surface area contributed by atoms with Crippen molar-refractivity contribution in [2.75, 3.05) is 6.61 Å². The van der Waals surface area contributed by atoms with Crippen molar-refractivity contribution in [3.63, 3.8) is 0 Å². The van der Waals surface area contributed by atoms with Crippen LogP contribution in [-0.2, 0) is 19.8 Å². The molecule has 1 fully saturated rings. The van der Waals surface area contributed by atoms with Crippen LogP contribution >= 0.6 is 0 Å². The molecule has 2 atom stereocenters. The van der Waals surface area contributed by atoms with E-state index in [1.807, 2.05) is 4.72 Å². The van der Waals surface area contributed by atoms with Crippen LogP contribution in [-0.4, -0.2) is 31.1 Å². The zero-order valence-corrected chi connectivity index (χ0v) is 10.2. The monoisotopic (exact) mass is 251 g/mol. The molecule has 0 radical (unpaired) electrons. The van der Waals surface area contributed by atoms with Crippen LogP contribution in [0.3, 0.4) is 0 Å². The van der Waals surface area contributed by atoms with E-state index in [1.165, 1.54) is 0 Å². The lowest BCUT2D eigenvalue weighted by atomic mass is 9.90. The van der Waals surface area contributed by atoms with Gasteiger partial charge in [-0.15, -0.1) is 0 Å². The second-order valence-electron chi connectivity index (χ2n) is 4.06. The van der Waals surface area contributed by atoms with Gasteiger partial charge in [-0.2, -0.15) is 13.1 Å². The first kappa shape index (κ1) is 13.4. The highest BCUT2D eigenvalue weighted by atomic mass is 32.2. The van der Waals surface area contributed by atoms with E-state index in [1.54, 1.807) is 13.8 Å². The van der Waals surface area contributed by atoms with Gasteiger partial charge in [-0.25, -0.2) is 0 Å². The molecule has 1 saturated carbocycles. The highest BCUT2D eigenvalue weighted by Gasteiger charge is 2.50. The minimum absolute atomic E-state index is 0.181. The molecule has 2 unspecified atom stereocenters. The second-order valence-corrected chi connectivity index (χ2v) is 5.22. The predicted octanol–water partition coefficient (Wildman–Crippen LogP) is 0.501. The van der Waals surface area contributed by atoms with Crippen LogP contribution < -0.4 is 4.72 Å². The molecule has 7 heteroatoms. The summed E-state index contributed by atoms with van der Waals surface area (Å²) in [4.78, 5) is 11.8. The molecular weight excluding hydrogens is 234 g/mol. The molecule has 0 aliphatic heterocycles. The van der Waals surface area contributed by atoms with E-state index < -0.39 is 21.8 Å². The van der Waals surface area contributed by atoms with Crippen LogP contribution in [0.4, 0.5) is 0 Å². The summed E-state index contributed by atoms with van der Waals surface area (Å²) in [6, 6.07) is 0. The van der Waals surface area contributed by atoms with Gasteiger partial charge in [0.05, 0.1) is 6.61 Å². The second kappa shape index (κ2) is 4.68. The molecule has 0 bridgehead atoms. The molecule has 0 saturated heterocycles. The van der Waals surface area contributed by atoms with Crippen LogP contribution in [0.5, 0.6) is 0 Å². The number of ether oxygens (including phenoxy) is 1. The third-order valence-corrected chi connectivity index (χ3v) is 3.62. The Morgan fingerprint density at radius 2 is 2.25 bits per heavy atom. The van der Waals surface area contributed by atoms with Gasteiger partial charge < -0.3 is 4.74 Å². The van der Waals surface area contributed by atoms with Gasteiger partial charge in [0.15, 0.2) is 0 Å². The van der Waals surface area contributed by atoms with E-state index in [0.717, 1.165) is 12.8 Å². The molecule has 1 aliphatic carbocycles. The minimum atomic E-state index is -4.41. The fourth-order valence-corrected chi connectivity index (χ4v) is 3.01. The minimum Gasteiger partial charge on any atom is -0.465 e. The Labute approximate surface area is 95.2 Å². The van der Waals surface area contributed by atoms with Crippen molar-refractivity contribution in [1.29, 1.82) is 0 Å². The molecular formula is C9H17NO5S. The zero-order valence-electron chi connectivity index (χ0n) is 9.39. The van der Waals surface area contributed by atoms with Crippen LogP contribution in [0.2, 0.25) is 0 Å². The van der Waals surface area contributed by atoms with Crippen LogP contribution in [0.25, 0.3) is 0 Å². The third kappa shape index (κ3) is 2.72. The molecule has 0 amide bonds. The van der Waals surface area contributed by atoms with Gasteiger partial charge in [-0.3, -0.25) is 9.35 Å². The summed E-state index contributed by atoms with van der Waals surface area (Å²) in [5, 5.41) is 0. The fraction of sp³-hybridized carbons (Fsp3) is 0.889. The van der Waals surface area contributed by atoms with Gasteiger partial charge >= 0.3 is 16.3 Å². The van der Waals surface area contributed by atoms with Crippen LogP contribution in [0.15, 0.2) is 0 Å². The number of hydrogen-bond donors (Lipinski definition) is 2. The number of nitrogens with one attached hydrogen (secondary N) is 1. The van der Waals surface area contributed by atoms with E-state index in [2.05, 4.69) is 0 Å².